The molecule has 0 aliphatic heterocycles. The average Bonchev–Trinajstić information content (AvgIpc) is 2.32. The number of ketones is 1. The monoisotopic (exact) mass is 245 g/mol. The summed E-state index contributed by atoms with van der Waals surface area (Å²) in [5.41, 5.74) is 2.46. The van der Waals surface area contributed by atoms with E-state index < -0.39 is 0 Å². The molecule has 0 saturated heterocycles. The van der Waals surface area contributed by atoms with Crippen molar-refractivity contribution in [2.45, 2.75) is 13.3 Å². The summed E-state index contributed by atoms with van der Waals surface area (Å²) in [4.78, 5) is 16.0. The predicted octanol–water partition coefficient (Wildman–Crippen LogP) is 3.47. The quantitative estimate of drug-likeness (QED) is 0.775. The lowest BCUT2D eigenvalue weighted by Gasteiger charge is -2.04. The molecule has 17 heavy (non-hydrogen) atoms. The van der Waals surface area contributed by atoms with Crippen molar-refractivity contribution in [3.05, 3.63) is 64.4 Å². The van der Waals surface area contributed by atoms with E-state index in [-0.39, 0.29) is 5.78 Å². The number of rotatable bonds is 3. The second-order valence-corrected chi connectivity index (χ2v) is 4.35. The number of hydrogen-bond acceptors (Lipinski definition) is 2. The molecule has 3 heteroatoms. The van der Waals surface area contributed by atoms with Crippen molar-refractivity contribution in [1.29, 1.82) is 0 Å². The molecule has 1 aromatic carbocycles. The van der Waals surface area contributed by atoms with Gasteiger partial charge in [0.25, 0.3) is 0 Å². The molecule has 0 spiro atoms. The number of nitrogens with zero attached hydrogens (tertiary/aromatic N) is 1. The van der Waals surface area contributed by atoms with Crippen molar-refractivity contribution >= 4 is 17.4 Å². The highest BCUT2D eigenvalue weighted by atomic mass is 35.5. The Balaban J connectivity index is 2.20. The Bertz CT molecular complexity index is 551. The Hall–Kier alpha value is -1.67. The molecule has 0 atom stereocenters. The van der Waals surface area contributed by atoms with E-state index in [1.54, 1.807) is 18.5 Å². The molecule has 0 unspecified atom stereocenters. The number of Topliss-reactive ketones (excluding diaryl/α,β-unsaturated/α-hetero) is 1. The summed E-state index contributed by atoms with van der Waals surface area (Å²) in [6, 6.07) is 9.22. The summed E-state index contributed by atoms with van der Waals surface area (Å²) in [5.74, 6) is 0.0364. The van der Waals surface area contributed by atoms with Crippen LogP contribution in [-0.2, 0) is 6.42 Å². The lowest BCUT2D eigenvalue weighted by atomic mass is 10.0. The molecule has 0 bridgehead atoms. The van der Waals surface area contributed by atoms with Crippen molar-refractivity contribution < 1.29 is 4.79 Å². The van der Waals surface area contributed by atoms with Gasteiger partial charge in [0.2, 0.25) is 0 Å². The van der Waals surface area contributed by atoms with E-state index in [0.717, 1.165) is 11.1 Å². The molecule has 1 aromatic heterocycles. The van der Waals surface area contributed by atoms with Gasteiger partial charge in [-0.15, -0.1) is 0 Å². The number of aryl methyl sites for hydroxylation is 1. The largest absolute Gasteiger partial charge is 0.294 e. The van der Waals surface area contributed by atoms with Crippen molar-refractivity contribution in [2.75, 3.05) is 0 Å². The Morgan fingerprint density at radius 3 is 2.76 bits per heavy atom. The van der Waals surface area contributed by atoms with Crippen LogP contribution in [0.5, 0.6) is 0 Å². The van der Waals surface area contributed by atoms with E-state index >= 15 is 0 Å². The van der Waals surface area contributed by atoms with Crippen molar-refractivity contribution in [3.8, 4) is 0 Å². The molecule has 2 aromatic rings. The van der Waals surface area contributed by atoms with Gasteiger partial charge in [0.05, 0.1) is 0 Å². The summed E-state index contributed by atoms with van der Waals surface area (Å²) in [6.07, 6.45) is 3.63. The number of benzene rings is 1. The third kappa shape index (κ3) is 2.92. The summed E-state index contributed by atoms with van der Waals surface area (Å²) in [5, 5.41) is 0.626. The SMILES string of the molecule is Cc1cncc(C(=O)Cc2ccccc2Cl)c1. The molecule has 0 aliphatic rings. The van der Waals surface area contributed by atoms with Gasteiger partial charge in [0, 0.05) is 29.4 Å². The Kier molecular flexibility index (Phi) is 3.55. The van der Waals surface area contributed by atoms with Crippen molar-refractivity contribution in [3.63, 3.8) is 0 Å². The minimum Gasteiger partial charge on any atom is -0.294 e. The first kappa shape index (κ1) is 11.8. The minimum atomic E-state index is 0.0364. The molecular weight excluding hydrogens is 234 g/mol. The number of aromatic nitrogens is 1. The van der Waals surface area contributed by atoms with Gasteiger partial charge in [-0.05, 0) is 30.2 Å². The van der Waals surface area contributed by atoms with Crippen molar-refractivity contribution in [1.82, 2.24) is 4.98 Å². The van der Waals surface area contributed by atoms with E-state index in [2.05, 4.69) is 4.98 Å². The highest BCUT2D eigenvalue weighted by Gasteiger charge is 2.09. The van der Waals surface area contributed by atoms with Crippen LogP contribution >= 0.6 is 11.6 Å². The average molecular weight is 246 g/mol. The zero-order valence-corrected chi connectivity index (χ0v) is 10.2. The molecule has 2 nitrogen and oxygen atoms in total. The number of carbonyl (C=O) groups is 1. The summed E-state index contributed by atoms with van der Waals surface area (Å²) in [7, 11) is 0. The van der Waals surface area contributed by atoms with Crippen LogP contribution in [0.25, 0.3) is 0 Å². The molecule has 1 heterocycles. The minimum absolute atomic E-state index is 0.0364. The number of carbonyl (C=O) groups excluding carboxylic acids is 1. The van der Waals surface area contributed by atoms with Crippen LogP contribution in [0.15, 0.2) is 42.7 Å². The fourth-order valence-corrected chi connectivity index (χ4v) is 1.83. The number of pyridine rings is 1. The summed E-state index contributed by atoms with van der Waals surface area (Å²) >= 11 is 6.02. The second kappa shape index (κ2) is 5.11. The molecule has 0 saturated carbocycles. The van der Waals surface area contributed by atoms with Gasteiger partial charge in [-0.25, -0.2) is 0 Å². The predicted molar refractivity (Wildman–Crippen MR) is 68.5 cm³/mol. The van der Waals surface area contributed by atoms with Gasteiger partial charge < -0.3 is 0 Å². The highest BCUT2D eigenvalue weighted by molar-refractivity contribution is 6.31. The van der Waals surface area contributed by atoms with E-state index in [9.17, 15) is 4.79 Å². The van der Waals surface area contributed by atoms with E-state index in [1.165, 1.54) is 0 Å². The van der Waals surface area contributed by atoms with Crippen LogP contribution in [0.4, 0.5) is 0 Å². The van der Waals surface area contributed by atoms with E-state index in [0.29, 0.717) is 17.0 Å². The normalized spacial score (nSPS) is 10.2. The Morgan fingerprint density at radius 2 is 2.06 bits per heavy atom. The summed E-state index contributed by atoms with van der Waals surface area (Å²) in [6.45, 7) is 1.92. The lowest BCUT2D eigenvalue weighted by molar-refractivity contribution is 0.0992. The molecule has 0 aliphatic carbocycles. The topological polar surface area (TPSA) is 30.0 Å². The van der Waals surface area contributed by atoms with Crippen LogP contribution in [-0.4, -0.2) is 10.8 Å². The van der Waals surface area contributed by atoms with Crippen LogP contribution < -0.4 is 0 Å². The van der Waals surface area contributed by atoms with Gasteiger partial charge in [-0.2, -0.15) is 0 Å². The molecule has 2 rings (SSSR count). The smallest absolute Gasteiger partial charge is 0.168 e. The Labute approximate surface area is 105 Å². The molecule has 0 fully saturated rings. The summed E-state index contributed by atoms with van der Waals surface area (Å²) < 4.78 is 0. The first-order valence-electron chi connectivity index (χ1n) is 5.35. The molecular formula is C14H12ClNO. The van der Waals surface area contributed by atoms with E-state index in [1.807, 2.05) is 31.2 Å². The maximum Gasteiger partial charge on any atom is 0.168 e. The fraction of sp³-hybridized carbons (Fsp3) is 0.143. The zero-order chi connectivity index (χ0) is 12.3. The van der Waals surface area contributed by atoms with Gasteiger partial charge in [0.15, 0.2) is 5.78 Å². The fourth-order valence-electron chi connectivity index (χ4n) is 1.62. The van der Waals surface area contributed by atoms with Gasteiger partial charge in [0.1, 0.15) is 0 Å². The van der Waals surface area contributed by atoms with Crippen LogP contribution in [0, 0.1) is 6.92 Å². The lowest BCUT2D eigenvalue weighted by Crippen LogP contribution is -2.04. The number of halogens is 1. The van der Waals surface area contributed by atoms with Crippen LogP contribution in [0.1, 0.15) is 21.5 Å². The van der Waals surface area contributed by atoms with Gasteiger partial charge in [-0.3, -0.25) is 9.78 Å². The molecule has 86 valence electrons. The molecule has 0 N–H and O–H groups in total. The third-order valence-electron chi connectivity index (χ3n) is 2.51. The standard InChI is InChI=1S/C14H12ClNO/c1-10-6-12(9-16-8-10)14(17)7-11-4-2-3-5-13(11)15/h2-6,8-9H,7H2,1H3. The highest BCUT2D eigenvalue weighted by Crippen LogP contribution is 2.17. The first-order chi connectivity index (χ1) is 8.16. The number of hydrogen-bond donors (Lipinski definition) is 0. The molecule has 0 radical (unpaired) electrons. The van der Waals surface area contributed by atoms with Crippen molar-refractivity contribution in [2.24, 2.45) is 0 Å². The van der Waals surface area contributed by atoms with E-state index in [4.69, 9.17) is 11.6 Å². The Morgan fingerprint density at radius 1 is 1.29 bits per heavy atom. The zero-order valence-electron chi connectivity index (χ0n) is 9.48. The maximum absolute atomic E-state index is 12.0. The van der Waals surface area contributed by atoms with Gasteiger partial charge >= 0.3 is 0 Å². The maximum atomic E-state index is 12.0. The van der Waals surface area contributed by atoms with Crippen LogP contribution in [0.2, 0.25) is 5.02 Å². The first-order valence-corrected chi connectivity index (χ1v) is 5.73. The second-order valence-electron chi connectivity index (χ2n) is 3.94. The van der Waals surface area contributed by atoms with Crippen LogP contribution in [0.3, 0.4) is 0 Å². The molecule has 0 amide bonds. The third-order valence-corrected chi connectivity index (χ3v) is 2.87. The van der Waals surface area contributed by atoms with Gasteiger partial charge in [-0.1, -0.05) is 29.8 Å².